The molecule has 0 fully saturated rings. The van der Waals surface area contributed by atoms with Crippen molar-refractivity contribution in [2.45, 2.75) is 38.0 Å². The SMILES string of the molecule is CC(CC(=O)O)SCC(=O)N1c2ccccc2CC1C. The average molecular weight is 293 g/mol. The molecule has 2 rings (SSSR count). The topological polar surface area (TPSA) is 57.6 Å². The minimum atomic E-state index is -0.822. The standard InChI is InChI=1S/C15H19NO3S/c1-10-7-12-5-3-4-6-13(12)16(10)14(17)9-20-11(2)8-15(18)19/h3-6,10-11H,7-9H2,1-2H3,(H,18,19). The number of carboxylic acid groups (broad SMARTS) is 1. The molecule has 1 heterocycles. The molecule has 1 N–H and O–H groups in total. The molecule has 1 aromatic carbocycles. The number of nitrogens with zero attached hydrogens (tertiary/aromatic N) is 1. The number of aliphatic carboxylic acids is 1. The third-order valence-corrected chi connectivity index (χ3v) is 4.58. The second kappa shape index (κ2) is 6.31. The number of amides is 1. The first-order valence-corrected chi connectivity index (χ1v) is 7.77. The van der Waals surface area contributed by atoms with Gasteiger partial charge in [-0.15, -0.1) is 11.8 Å². The number of para-hydroxylation sites is 1. The van der Waals surface area contributed by atoms with E-state index < -0.39 is 5.97 Å². The maximum atomic E-state index is 12.4. The van der Waals surface area contributed by atoms with Crippen molar-refractivity contribution in [3.63, 3.8) is 0 Å². The van der Waals surface area contributed by atoms with E-state index in [4.69, 9.17) is 5.11 Å². The van der Waals surface area contributed by atoms with Crippen LogP contribution in [0.4, 0.5) is 5.69 Å². The summed E-state index contributed by atoms with van der Waals surface area (Å²) in [5, 5.41) is 8.67. The Bertz CT molecular complexity index is 518. The summed E-state index contributed by atoms with van der Waals surface area (Å²) in [5.41, 5.74) is 2.20. The van der Waals surface area contributed by atoms with Crippen molar-refractivity contribution < 1.29 is 14.7 Å². The van der Waals surface area contributed by atoms with Crippen LogP contribution < -0.4 is 4.90 Å². The van der Waals surface area contributed by atoms with Gasteiger partial charge < -0.3 is 10.0 Å². The lowest BCUT2D eigenvalue weighted by molar-refractivity contribution is -0.136. The van der Waals surface area contributed by atoms with Gasteiger partial charge in [-0.25, -0.2) is 0 Å². The summed E-state index contributed by atoms with van der Waals surface area (Å²) in [4.78, 5) is 24.8. The minimum Gasteiger partial charge on any atom is -0.481 e. The molecule has 0 aliphatic carbocycles. The number of hydrogen-bond acceptors (Lipinski definition) is 3. The van der Waals surface area contributed by atoms with Crippen molar-refractivity contribution in [1.29, 1.82) is 0 Å². The van der Waals surface area contributed by atoms with Crippen molar-refractivity contribution in [2.75, 3.05) is 10.7 Å². The van der Waals surface area contributed by atoms with Gasteiger partial charge in [-0.3, -0.25) is 9.59 Å². The largest absolute Gasteiger partial charge is 0.481 e. The fraction of sp³-hybridized carbons (Fsp3) is 0.467. The van der Waals surface area contributed by atoms with Crippen LogP contribution in [0.25, 0.3) is 0 Å². The van der Waals surface area contributed by atoms with E-state index in [0.717, 1.165) is 12.1 Å². The first-order chi connectivity index (χ1) is 9.49. The van der Waals surface area contributed by atoms with Gasteiger partial charge >= 0.3 is 5.97 Å². The van der Waals surface area contributed by atoms with Crippen molar-refractivity contribution in [3.8, 4) is 0 Å². The van der Waals surface area contributed by atoms with Gasteiger partial charge in [0, 0.05) is 17.0 Å². The summed E-state index contributed by atoms with van der Waals surface area (Å²) >= 11 is 1.40. The molecule has 0 aromatic heterocycles. The lowest BCUT2D eigenvalue weighted by atomic mass is 10.1. The minimum absolute atomic E-state index is 0.0513. The molecule has 0 bridgehead atoms. The summed E-state index contributed by atoms with van der Waals surface area (Å²) in [6, 6.07) is 8.14. The number of thioether (sulfide) groups is 1. The predicted octanol–water partition coefficient (Wildman–Crippen LogP) is 2.56. The lowest BCUT2D eigenvalue weighted by Gasteiger charge is -2.23. The van der Waals surface area contributed by atoms with Crippen LogP contribution >= 0.6 is 11.8 Å². The Kier molecular flexibility index (Phi) is 4.70. The van der Waals surface area contributed by atoms with Gasteiger partial charge in [0.05, 0.1) is 12.2 Å². The first kappa shape index (κ1) is 14.9. The molecular formula is C15H19NO3S. The summed E-state index contributed by atoms with van der Waals surface area (Å²) < 4.78 is 0. The Hall–Kier alpha value is -1.49. The number of benzene rings is 1. The maximum absolute atomic E-state index is 12.4. The smallest absolute Gasteiger partial charge is 0.304 e. The van der Waals surface area contributed by atoms with E-state index in [2.05, 4.69) is 6.07 Å². The number of carbonyl (C=O) groups is 2. The van der Waals surface area contributed by atoms with Gasteiger partial charge in [-0.2, -0.15) is 0 Å². The molecule has 20 heavy (non-hydrogen) atoms. The highest BCUT2D eigenvalue weighted by Crippen LogP contribution is 2.32. The van der Waals surface area contributed by atoms with E-state index in [0.29, 0.717) is 5.75 Å². The molecule has 1 aromatic rings. The van der Waals surface area contributed by atoms with E-state index >= 15 is 0 Å². The monoisotopic (exact) mass is 293 g/mol. The molecule has 1 aliphatic heterocycles. The third-order valence-electron chi connectivity index (χ3n) is 3.43. The van der Waals surface area contributed by atoms with Crippen molar-refractivity contribution >= 4 is 29.3 Å². The fourth-order valence-corrected chi connectivity index (χ4v) is 3.36. The zero-order valence-corrected chi connectivity index (χ0v) is 12.5. The number of hydrogen-bond donors (Lipinski definition) is 1. The van der Waals surface area contributed by atoms with Gasteiger partial charge in [-0.05, 0) is 25.0 Å². The highest BCUT2D eigenvalue weighted by atomic mass is 32.2. The highest BCUT2D eigenvalue weighted by molar-refractivity contribution is 8.00. The summed E-state index contributed by atoms with van der Waals surface area (Å²) in [6.07, 6.45) is 0.974. The zero-order chi connectivity index (χ0) is 14.7. The van der Waals surface area contributed by atoms with Gasteiger partial charge in [0.15, 0.2) is 0 Å². The molecule has 0 spiro atoms. The molecule has 0 saturated carbocycles. The summed E-state index contributed by atoms with van der Waals surface area (Å²) in [7, 11) is 0. The quantitative estimate of drug-likeness (QED) is 0.906. The third kappa shape index (κ3) is 3.33. The number of fused-ring (bicyclic) bond motifs is 1. The Morgan fingerprint density at radius 3 is 2.85 bits per heavy atom. The van der Waals surface area contributed by atoms with Gasteiger partial charge in [0.1, 0.15) is 0 Å². The predicted molar refractivity (Wildman–Crippen MR) is 81.3 cm³/mol. The van der Waals surface area contributed by atoms with Crippen LogP contribution in [0.1, 0.15) is 25.8 Å². The summed E-state index contributed by atoms with van der Waals surface area (Å²) in [6.45, 7) is 3.89. The Morgan fingerprint density at radius 2 is 2.15 bits per heavy atom. The second-order valence-corrected chi connectivity index (χ2v) is 6.59. The van der Waals surface area contributed by atoms with Crippen LogP contribution in [-0.4, -0.2) is 34.0 Å². The number of carboxylic acids is 1. The fourth-order valence-electron chi connectivity index (χ4n) is 2.53. The van der Waals surface area contributed by atoms with Crippen molar-refractivity contribution in [1.82, 2.24) is 0 Å². The first-order valence-electron chi connectivity index (χ1n) is 6.72. The molecule has 1 amide bonds. The van der Waals surface area contributed by atoms with Gasteiger partial charge in [0.25, 0.3) is 0 Å². The Labute approximate surface area is 123 Å². The van der Waals surface area contributed by atoms with E-state index in [1.54, 1.807) is 0 Å². The molecule has 0 radical (unpaired) electrons. The molecule has 2 unspecified atom stereocenters. The maximum Gasteiger partial charge on any atom is 0.304 e. The molecule has 4 nitrogen and oxygen atoms in total. The molecule has 0 saturated heterocycles. The molecule has 5 heteroatoms. The van der Waals surface area contributed by atoms with E-state index in [9.17, 15) is 9.59 Å². The van der Waals surface area contributed by atoms with Crippen LogP contribution in [0.5, 0.6) is 0 Å². The van der Waals surface area contributed by atoms with Crippen molar-refractivity contribution in [3.05, 3.63) is 29.8 Å². The van der Waals surface area contributed by atoms with Crippen LogP contribution in [0.15, 0.2) is 24.3 Å². The Morgan fingerprint density at radius 1 is 1.45 bits per heavy atom. The lowest BCUT2D eigenvalue weighted by Crippen LogP contribution is -2.37. The highest BCUT2D eigenvalue weighted by Gasteiger charge is 2.30. The number of rotatable bonds is 5. The molecular weight excluding hydrogens is 274 g/mol. The molecule has 1 aliphatic rings. The number of carbonyl (C=O) groups excluding carboxylic acids is 1. The summed E-state index contributed by atoms with van der Waals surface area (Å²) in [5.74, 6) is -0.436. The zero-order valence-electron chi connectivity index (χ0n) is 11.7. The van der Waals surface area contributed by atoms with Gasteiger partial charge in [0.2, 0.25) is 5.91 Å². The van der Waals surface area contributed by atoms with Crippen LogP contribution in [0.2, 0.25) is 0 Å². The van der Waals surface area contributed by atoms with Crippen molar-refractivity contribution in [2.24, 2.45) is 0 Å². The van der Waals surface area contributed by atoms with Gasteiger partial charge in [-0.1, -0.05) is 25.1 Å². The van der Waals surface area contributed by atoms with E-state index in [1.807, 2.05) is 36.9 Å². The van der Waals surface area contributed by atoms with E-state index in [1.165, 1.54) is 17.3 Å². The number of anilines is 1. The Balaban J connectivity index is 1.98. The van der Waals surface area contributed by atoms with Crippen LogP contribution in [-0.2, 0) is 16.0 Å². The average Bonchev–Trinajstić information content (AvgIpc) is 2.71. The second-order valence-electron chi connectivity index (χ2n) is 5.17. The van der Waals surface area contributed by atoms with Crippen LogP contribution in [0, 0.1) is 0 Å². The molecule has 108 valence electrons. The molecule has 2 atom stereocenters. The van der Waals surface area contributed by atoms with E-state index in [-0.39, 0.29) is 23.6 Å². The van der Waals surface area contributed by atoms with Crippen LogP contribution in [0.3, 0.4) is 0 Å². The normalized spacial score (nSPS) is 18.7.